The third-order valence-corrected chi connectivity index (χ3v) is 6.92. The van der Waals surface area contributed by atoms with Crippen LogP contribution in [0, 0.1) is 0 Å². The first-order valence-corrected chi connectivity index (χ1v) is 11.5. The molecule has 3 aromatic carbocycles. The lowest BCUT2D eigenvalue weighted by Crippen LogP contribution is -2.35. The number of aryl methyl sites for hydroxylation is 1. The number of nitrogens with zero attached hydrogens (tertiary/aromatic N) is 1. The summed E-state index contributed by atoms with van der Waals surface area (Å²) in [6.07, 6.45) is 1.54. The molecule has 0 radical (unpaired) electrons. The van der Waals surface area contributed by atoms with Crippen molar-refractivity contribution in [2.24, 2.45) is 0 Å². The molecule has 154 valence electrons. The molecular formula is C24H24N2O3S. The molecule has 1 amide bonds. The van der Waals surface area contributed by atoms with Gasteiger partial charge in [-0.3, -0.25) is 4.79 Å². The summed E-state index contributed by atoms with van der Waals surface area (Å²) in [6, 6.07) is 23.3. The molecule has 1 atom stereocenters. The Kier molecular flexibility index (Phi) is 5.70. The van der Waals surface area contributed by atoms with Gasteiger partial charge in [0.25, 0.3) is 5.91 Å². The Hall–Kier alpha value is -2.96. The highest BCUT2D eigenvalue weighted by Gasteiger charge is 2.26. The number of sulfonamides is 1. The van der Waals surface area contributed by atoms with E-state index in [-0.39, 0.29) is 16.8 Å². The van der Waals surface area contributed by atoms with Crippen LogP contribution in [0.25, 0.3) is 0 Å². The number of nitrogens with one attached hydrogen (secondary N) is 1. The van der Waals surface area contributed by atoms with Crippen molar-refractivity contribution in [2.45, 2.75) is 30.7 Å². The van der Waals surface area contributed by atoms with Crippen molar-refractivity contribution in [2.75, 3.05) is 11.4 Å². The van der Waals surface area contributed by atoms with E-state index >= 15 is 0 Å². The SMILES string of the molecule is CC(NS(=O)(=O)c1ccc2c(c1)CCCN2C(=O)c1ccccc1)c1ccccc1. The molecule has 1 unspecified atom stereocenters. The standard InChI is InChI=1S/C24H24N2O3S/c1-18(19-9-4-2-5-10-19)25-30(28,29)22-14-15-23-21(17-22)13-8-16-26(23)24(27)20-11-6-3-7-12-20/h2-7,9-12,14-15,17-18,25H,8,13,16H2,1H3. The molecule has 1 N–H and O–H groups in total. The number of amides is 1. The molecule has 1 aliphatic rings. The van der Waals surface area contributed by atoms with Gasteiger partial charge in [0.1, 0.15) is 0 Å². The minimum absolute atomic E-state index is 0.0667. The first kappa shape index (κ1) is 20.3. The van der Waals surface area contributed by atoms with Gasteiger partial charge in [-0.15, -0.1) is 0 Å². The van der Waals surface area contributed by atoms with E-state index in [1.54, 1.807) is 35.2 Å². The zero-order chi connectivity index (χ0) is 21.1. The van der Waals surface area contributed by atoms with Gasteiger partial charge in [0.2, 0.25) is 10.0 Å². The first-order chi connectivity index (χ1) is 14.5. The van der Waals surface area contributed by atoms with Crippen molar-refractivity contribution in [3.05, 3.63) is 95.6 Å². The van der Waals surface area contributed by atoms with Crippen LogP contribution in [0.1, 0.15) is 40.9 Å². The van der Waals surface area contributed by atoms with Gasteiger partial charge in [0, 0.05) is 23.8 Å². The molecule has 0 fully saturated rings. The molecule has 0 saturated carbocycles. The Morgan fingerprint density at radius 1 is 0.967 bits per heavy atom. The zero-order valence-corrected chi connectivity index (χ0v) is 17.6. The van der Waals surface area contributed by atoms with Gasteiger partial charge in [-0.25, -0.2) is 13.1 Å². The molecule has 0 saturated heterocycles. The predicted octanol–water partition coefficient (Wildman–Crippen LogP) is 4.32. The van der Waals surface area contributed by atoms with Crippen LogP contribution in [0.4, 0.5) is 5.69 Å². The van der Waals surface area contributed by atoms with E-state index in [1.165, 1.54) is 0 Å². The highest BCUT2D eigenvalue weighted by molar-refractivity contribution is 7.89. The third kappa shape index (κ3) is 4.15. The summed E-state index contributed by atoms with van der Waals surface area (Å²) in [5.74, 6) is -0.0667. The van der Waals surface area contributed by atoms with Crippen LogP contribution >= 0.6 is 0 Å². The maximum atomic E-state index is 12.9. The minimum atomic E-state index is -3.68. The lowest BCUT2D eigenvalue weighted by atomic mass is 10.0. The van der Waals surface area contributed by atoms with Crippen LogP contribution in [-0.2, 0) is 16.4 Å². The number of hydrogen-bond donors (Lipinski definition) is 1. The molecule has 4 rings (SSSR count). The fourth-order valence-electron chi connectivity index (χ4n) is 3.80. The first-order valence-electron chi connectivity index (χ1n) is 10.0. The second-order valence-corrected chi connectivity index (χ2v) is 9.18. The molecule has 1 heterocycles. The highest BCUT2D eigenvalue weighted by atomic mass is 32.2. The van der Waals surface area contributed by atoms with E-state index in [0.717, 1.165) is 29.7 Å². The van der Waals surface area contributed by atoms with Crippen molar-refractivity contribution < 1.29 is 13.2 Å². The van der Waals surface area contributed by atoms with Crippen molar-refractivity contribution in [1.29, 1.82) is 0 Å². The Bertz CT molecular complexity index is 1150. The Labute approximate surface area is 177 Å². The average molecular weight is 421 g/mol. The van der Waals surface area contributed by atoms with Crippen molar-refractivity contribution in [3.63, 3.8) is 0 Å². The molecule has 0 aromatic heterocycles. The van der Waals surface area contributed by atoms with Crippen LogP contribution in [0.3, 0.4) is 0 Å². The largest absolute Gasteiger partial charge is 0.308 e. The van der Waals surface area contributed by atoms with Gasteiger partial charge >= 0.3 is 0 Å². The van der Waals surface area contributed by atoms with E-state index in [0.29, 0.717) is 12.1 Å². The lowest BCUT2D eigenvalue weighted by Gasteiger charge is -2.30. The summed E-state index contributed by atoms with van der Waals surface area (Å²) in [5, 5.41) is 0. The molecule has 30 heavy (non-hydrogen) atoms. The average Bonchev–Trinajstić information content (AvgIpc) is 2.78. The number of anilines is 1. The second-order valence-electron chi connectivity index (χ2n) is 7.47. The van der Waals surface area contributed by atoms with Crippen molar-refractivity contribution in [1.82, 2.24) is 4.72 Å². The maximum Gasteiger partial charge on any atom is 0.258 e. The Balaban J connectivity index is 1.60. The van der Waals surface area contributed by atoms with Gasteiger partial charge in [0.15, 0.2) is 0 Å². The summed E-state index contributed by atoms with van der Waals surface area (Å²) in [7, 11) is -3.68. The number of rotatable bonds is 5. The van der Waals surface area contributed by atoms with E-state index in [4.69, 9.17) is 0 Å². The predicted molar refractivity (Wildman–Crippen MR) is 118 cm³/mol. The summed E-state index contributed by atoms with van der Waals surface area (Å²) in [6.45, 7) is 2.45. The number of fused-ring (bicyclic) bond motifs is 1. The quantitative estimate of drug-likeness (QED) is 0.669. The van der Waals surface area contributed by atoms with Crippen LogP contribution in [0.2, 0.25) is 0 Å². The Morgan fingerprint density at radius 3 is 2.33 bits per heavy atom. The fourth-order valence-corrected chi connectivity index (χ4v) is 5.08. The molecule has 1 aliphatic heterocycles. The van der Waals surface area contributed by atoms with Gasteiger partial charge in [0.05, 0.1) is 4.90 Å². The van der Waals surface area contributed by atoms with E-state index < -0.39 is 10.0 Å². The smallest absolute Gasteiger partial charge is 0.258 e. The molecule has 6 heteroatoms. The molecule has 0 aliphatic carbocycles. The molecular weight excluding hydrogens is 396 g/mol. The number of benzene rings is 3. The fraction of sp³-hybridized carbons (Fsp3) is 0.208. The maximum absolute atomic E-state index is 12.9. The lowest BCUT2D eigenvalue weighted by molar-refractivity contribution is 0.0985. The number of carbonyl (C=O) groups excluding carboxylic acids is 1. The van der Waals surface area contributed by atoms with Crippen LogP contribution in [-0.4, -0.2) is 20.9 Å². The van der Waals surface area contributed by atoms with Crippen molar-refractivity contribution >= 4 is 21.6 Å². The summed E-state index contributed by atoms with van der Waals surface area (Å²) < 4.78 is 28.6. The molecule has 5 nitrogen and oxygen atoms in total. The molecule has 3 aromatic rings. The van der Waals surface area contributed by atoms with Crippen molar-refractivity contribution in [3.8, 4) is 0 Å². The summed E-state index contributed by atoms with van der Waals surface area (Å²) in [4.78, 5) is 14.9. The van der Waals surface area contributed by atoms with Gasteiger partial charge in [-0.1, -0.05) is 48.5 Å². The monoisotopic (exact) mass is 420 g/mol. The second kappa shape index (κ2) is 8.42. The zero-order valence-electron chi connectivity index (χ0n) is 16.8. The van der Waals surface area contributed by atoms with Gasteiger partial charge in [-0.2, -0.15) is 0 Å². The number of hydrogen-bond acceptors (Lipinski definition) is 3. The van der Waals surface area contributed by atoms with Crippen LogP contribution in [0.5, 0.6) is 0 Å². The highest BCUT2D eigenvalue weighted by Crippen LogP contribution is 2.31. The summed E-state index contributed by atoms with van der Waals surface area (Å²) >= 11 is 0. The van der Waals surface area contributed by atoms with Gasteiger partial charge < -0.3 is 4.90 Å². The molecule has 0 bridgehead atoms. The number of carbonyl (C=O) groups is 1. The molecule has 0 spiro atoms. The summed E-state index contributed by atoms with van der Waals surface area (Å²) in [5.41, 5.74) is 3.19. The van der Waals surface area contributed by atoms with E-state index in [2.05, 4.69) is 4.72 Å². The van der Waals surface area contributed by atoms with Crippen LogP contribution < -0.4 is 9.62 Å². The third-order valence-electron chi connectivity index (χ3n) is 5.38. The Morgan fingerprint density at radius 2 is 1.63 bits per heavy atom. The van der Waals surface area contributed by atoms with Crippen LogP contribution in [0.15, 0.2) is 83.8 Å². The topological polar surface area (TPSA) is 66.5 Å². The van der Waals surface area contributed by atoms with E-state index in [9.17, 15) is 13.2 Å². The van der Waals surface area contributed by atoms with Gasteiger partial charge in [-0.05, 0) is 61.2 Å². The normalized spacial score (nSPS) is 14.8. The van der Waals surface area contributed by atoms with E-state index in [1.807, 2.05) is 55.5 Å². The minimum Gasteiger partial charge on any atom is -0.308 e.